The topological polar surface area (TPSA) is 108 Å². The molecule has 0 saturated carbocycles. The van der Waals surface area contributed by atoms with Crippen molar-refractivity contribution in [3.8, 4) is 5.75 Å². The van der Waals surface area contributed by atoms with Gasteiger partial charge < -0.3 is 30.2 Å². The Kier molecular flexibility index (Phi) is 10.4. The van der Waals surface area contributed by atoms with Crippen LogP contribution in [0.2, 0.25) is 0 Å². The van der Waals surface area contributed by atoms with Gasteiger partial charge in [-0.3, -0.25) is 9.79 Å². The van der Waals surface area contributed by atoms with E-state index in [0.29, 0.717) is 18.7 Å². The van der Waals surface area contributed by atoms with E-state index >= 15 is 0 Å². The molecule has 36 heavy (non-hydrogen) atoms. The van der Waals surface area contributed by atoms with Gasteiger partial charge in [-0.2, -0.15) is 0 Å². The maximum atomic E-state index is 12.1. The second-order valence-electron chi connectivity index (χ2n) is 8.30. The number of furan rings is 1. The van der Waals surface area contributed by atoms with E-state index in [1.54, 1.807) is 19.2 Å². The fourth-order valence-corrected chi connectivity index (χ4v) is 3.86. The first-order valence-electron chi connectivity index (χ1n) is 11.8. The second kappa shape index (κ2) is 13.7. The van der Waals surface area contributed by atoms with Gasteiger partial charge in [0.05, 0.1) is 32.4 Å². The molecule has 3 aromatic rings. The number of methoxy groups -OCH3 is 1. The first-order valence-corrected chi connectivity index (χ1v) is 12.2. The molecule has 4 N–H and O–H groups in total. The van der Waals surface area contributed by atoms with Crippen molar-refractivity contribution >= 4 is 24.4 Å². The summed E-state index contributed by atoms with van der Waals surface area (Å²) in [6.07, 6.45) is 2.28. The average Bonchev–Trinajstić information content (AvgIpc) is 3.59. The highest BCUT2D eigenvalue weighted by Crippen LogP contribution is 2.24. The zero-order valence-electron chi connectivity index (χ0n) is 20.9. The fraction of sp³-hybridized carbons (Fsp3) is 0.333. The predicted octanol–water partition coefficient (Wildman–Crippen LogP) is 3.11. The molecule has 0 unspecified atom stereocenters. The van der Waals surface area contributed by atoms with Crippen LogP contribution in [0.5, 0.6) is 5.75 Å². The van der Waals surface area contributed by atoms with Crippen molar-refractivity contribution in [1.82, 2.24) is 16.0 Å². The van der Waals surface area contributed by atoms with Crippen LogP contribution in [-0.2, 0) is 19.6 Å². The Morgan fingerprint density at radius 1 is 1.25 bits per heavy atom. The van der Waals surface area contributed by atoms with Crippen molar-refractivity contribution in [2.24, 2.45) is 4.99 Å². The van der Waals surface area contributed by atoms with E-state index in [0.717, 1.165) is 58.4 Å². The van der Waals surface area contributed by atoms with E-state index in [-0.39, 0.29) is 12.5 Å². The van der Waals surface area contributed by atoms with Crippen molar-refractivity contribution < 1.29 is 19.1 Å². The molecule has 0 radical (unpaired) electrons. The highest BCUT2D eigenvalue weighted by Gasteiger charge is 2.10. The van der Waals surface area contributed by atoms with Crippen LogP contribution in [0.1, 0.15) is 38.4 Å². The number of hydrogen-bond donors (Lipinski definition) is 5. The standard InChI is InChI=1S/C18H22N4O2.C9H12O2S/c1-19-11-16-10-15(12-24-16)18(23)22-7-6-13-2-4-14(5-3-13)17-20-8-9-21-17;1-6-3-8(11-2)4-7(5-10)9(6)12/h2-5,10,12,19H,6-9,11H2,1H3,(H,20,21)(H,22,23);3-4,10,12H,5H2,1-2H3. The molecular weight excluding hydrogens is 476 g/mol. The number of amides is 1. The highest BCUT2D eigenvalue weighted by atomic mass is 32.1. The zero-order valence-corrected chi connectivity index (χ0v) is 21.8. The van der Waals surface area contributed by atoms with Crippen molar-refractivity contribution in [2.45, 2.75) is 31.4 Å². The number of ether oxygens (including phenoxy) is 1. The molecule has 0 saturated heterocycles. The number of rotatable bonds is 9. The number of aliphatic imine (C=N–C) groups is 1. The number of carbonyl (C=O) groups excluding carboxylic acids is 1. The lowest BCUT2D eigenvalue weighted by atomic mass is 10.1. The summed E-state index contributed by atoms with van der Waals surface area (Å²) < 4.78 is 10.4. The van der Waals surface area contributed by atoms with Crippen molar-refractivity contribution in [1.29, 1.82) is 0 Å². The summed E-state index contributed by atoms with van der Waals surface area (Å²) in [5.41, 5.74) is 4.66. The minimum Gasteiger partial charge on any atom is -0.497 e. The third-order valence-electron chi connectivity index (χ3n) is 5.63. The molecule has 0 aliphatic carbocycles. The molecule has 192 valence electrons. The number of benzene rings is 2. The highest BCUT2D eigenvalue weighted by molar-refractivity contribution is 7.80. The molecule has 1 aliphatic rings. The van der Waals surface area contributed by atoms with Gasteiger partial charge in [0.25, 0.3) is 5.91 Å². The lowest BCUT2D eigenvalue weighted by molar-refractivity contribution is 0.0953. The van der Waals surface area contributed by atoms with Crippen molar-refractivity contribution in [3.05, 3.63) is 82.3 Å². The van der Waals surface area contributed by atoms with Gasteiger partial charge in [-0.1, -0.05) is 24.3 Å². The first kappa shape index (κ1) is 27.3. The van der Waals surface area contributed by atoms with Crippen LogP contribution >= 0.6 is 12.6 Å². The Hall–Kier alpha value is -3.27. The van der Waals surface area contributed by atoms with Crippen LogP contribution in [0, 0.1) is 6.92 Å². The number of hydrogen-bond acceptors (Lipinski definition) is 8. The molecule has 1 aromatic heterocycles. The number of aliphatic hydroxyl groups is 1. The van der Waals surface area contributed by atoms with Crippen LogP contribution in [0.25, 0.3) is 0 Å². The molecule has 1 amide bonds. The number of nitrogens with one attached hydrogen (secondary N) is 3. The molecule has 2 heterocycles. The van der Waals surface area contributed by atoms with Crippen LogP contribution in [-0.4, -0.2) is 50.6 Å². The molecular formula is C27H34N4O4S. The predicted molar refractivity (Wildman–Crippen MR) is 144 cm³/mol. The first-order chi connectivity index (χ1) is 17.4. The maximum absolute atomic E-state index is 12.1. The molecule has 0 spiro atoms. The smallest absolute Gasteiger partial charge is 0.254 e. The largest absolute Gasteiger partial charge is 0.497 e. The van der Waals surface area contributed by atoms with Crippen LogP contribution in [0.4, 0.5) is 0 Å². The lowest BCUT2D eigenvalue weighted by Crippen LogP contribution is -2.25. The Morgan fingerprint density at radius 2 is 2.03 bits per heavy atom. The zero-order chi connectivity index (χ0) is 25.9. The summed E-state index contributed by atoms with van der Waals surface area (Å²) in [6.45, 7) is 4.88. The van der Waals surface area contributed by atoms with Crippen LogP contribution in [0.15, 0.2) is 63.0 Å². The minimum atomic E-state index is -0.109. The number of carbonyl (C=O) groups is 1. The van der Waals surface area contributed by atoms with Gasteiger partial charge in [-0.15, -0.1) is 12.6 Å². The van der Waals surface area contributed by atoms with Gasteiger partial charge in [0.15, 0.2) is 0 Å². The van der Waals surface area contributed by atoms with Crippen LogP contribution < -0.4 is 20.7 Å². The Labute approximate surface area is 217 Å². The Morgan fingerprint density at radius 3 is 2.67 bits per heavy atom. The normalized spacial score (nSPS) is 12.3. The Bertz CT molecular complexity index is 1180. The lowest BCUT2D eigenvalue weighted by Gasteiger charge is -2.08. The second-order valence-corrected chi connectivity index (χ2v) is 8.75. The molecule has 0 bridgehead atoms. The summed E-state index contributed by atoms with van der Waals surface area (Å²) in [6, 6.07) is 13.7. The number of amidine groups is 1. The van der Waals surface area contributed by atoms with Gasteiger partial charge in [0.2, 0.25) is 0 Å². The summed E-state index contributed by atoms with van der Waals surface area (Å²) in [5.74, 6) is 2.37. The van der Waals surface area contributed by atoms with Gasteiger partial charge in [-0.05, 0) is 55.3 Å². The fourth-order valence-electron chi connectivity index (χ4n) is 3.66. The average molecular weight is 511 g/mol. The maximum Gasteiger partial charge on any atom is 0.254 e. The molecule has 4 rings (SSSR count). The third-order valence-corrected chi connectivity index (χ3v) is 6.27. The number of aryl methyl sites for hydroxylation is 1. The van der Waals surface area contributed by atoms with E-state index in [4.69, 9.17) is 14.3 Å². The SMILES string of the molecule is CNCc1cc(C(=O)NCCc2ccc(C3=NCCN3)cc2)co1.COc1cc(C)c(S)c(CO)c1. The van der Waals surface area contributed by atoms with Gasteiger partial charge in [-0.25, -0.2) is 0 Å². The molecule has 1 aliphatic heterocycles. The molecule has 8 nitrogen and oxygen atoms in total. The van der Waals surface area contributed by atoms with E-state index in [9.17, 15) is 4.79 Å². The minimum absolute atomic E-state index is 0.00310. The molecule has 9 heteroatoms. The molecule has 2 aromatic carbocycles. The number of thiol groups is 1. The number of aliphatic hydroxyl groups excluding tert-OH is 1. The van der Waals surface area contributed by atoms with E-state index in [1.165, 1.54) is 11.8 Å². The summed E-state index contributed by atoms with van der Waals surface area (Å²) in [5, 5.41) is 18.1. The monoisotopic (exact) mass is 510 g/mol. The van der Waals surface area contributed by atoms with Gasteiger partial charge in [0.1, 0.15) is 23.6 Å². The summed E-state index contributed by atoms with van der Waals surface area (Å²) >= 11 is 4.26. The van der Waals surface area contributed by atoms with Gasteiger partial charge in [0, 0.05) is 23.5 Å². The number of nitrogens with zero attached hydrogens (tertiary/aromatic N) is 1. The van der Waals surface area contributed by atoms with Crippen molar-refractivity contribution in [2.75, 3.05) is 33.8 Å². The summed E-state index contributed by atoms with van der Waals surface area (Å²) in [4.78, 5) is 17.3. The molecule has 0 fully saturated rings. The van der Waals surface area contributed by atoms with E-state index in [2.05, 4.69) is 57.8 Å². The molecule has 0 atom stereocenters. The van der Waals surface area contributed by atoms with Crippen molar-refractivity contribution in [3.63, 3.8) is 0 Å². The van der Waals surface area contributed by atoms with Gasteiger partial charge >= 0.3 is 0 Å². The summed E-state index contributed by atoms with van der Waals surface area (Å²) in [7, 11) is 3.44. The third kappa shape index (κ3) is 7.61. The van der Waals surface area contributed by atoms with E-state index in [1.807, 2.05) is 20.0 Å². The van der Waals surface area contributed by atoms with E-state index < -0.39 is 0 Å². The Balaban J connectivity index is 0.000000253. The van der Waals surface area contributed by atoms with Crippen LogP contribution in [0.3, 0.4) is 0 Å². The quantitative estimate of drug-likeness (QED) is 0.283.